The van der Waals surface area contributed by atoms with Crippen LogP contribution in [-0.2, 0) is 6.42 Å². The van der Waals surface area contributed by atoms with Gasteiger partial charge in [-0.2, -0.15) is 0 Å². The molecule has 2 N–H and O–H groups in total. The van der Waals surface area contributed by atoms with E-state index in [-0.39, 0.29) is 5.91 Å². The van der Waals surface area contributed by atoms with Crippen LogP contribution in [0.15, 0.2) is 42.6 Å². The van der Waals surface area contributed by atoms with Crippen molar-refractivity contribution in [3.05, 3.63) is 58.7 Å². The molecule has 0 radical (unpaired) electrons. The minimum absolute atomic E-state index is 0.153. The van der Waals surface area contributed by atoms with Gasteiger partial charge in [-0.1, -0.05) is 41.9 Å². The van der Waals surface area contributed by atoms with Crippen LogP contribution in [0.4, 0.5) is 5.82 Å². The molecule has 110 valence electrons. The van der Waals surface area contributed by atoms with E-state index in [1.54, 1.807) is 13.1 Å². The summed E-state index contributed by atoms with van der Waals surface area (Å²) < 4.78 is 0. The van der Waals surface area contributed by atoms with E-state index >= 15 is 0 Å². The van der Waals surface area contributed by atoms with Gasteiger partial charge in [-0.25, -0.2) is 4.98 Å². The van der Waals surface area contributed by atoms with E-state index in [9.17, 15) is 4.79 Å². The molecule has 0 aliphatic rings. The minimum atomic E-state index is -0.153. The first-order chi connectivity index (χ1) is 10.2. The van der Waals surface area contributed by atoms with E-state index in [2.05, 4.69) is 27.8 Å². The highest BCUT2D eigenvalue weighted by Crippen LogP contribution is 2.19. The number of aryl methyl sites for hydroxylation is 1. The molecule has 0 spiro atoms. The number of pyridine rings is 1. The van der Waals surface area contributed by atoms with Gasteiger partial charge in [-0.3, -0.25) is 4.79 Å². The summed E-state index contributed by atoms with van der Waals surface area (Å²) in [7, 11) is 1.73. The minimum Gasteiger partial charge on any atom is -0.372 e. The van der Waals surface area contributed by atoms with E-state index in [4.69, 9.17) is 11.6 Å². The molecule has 1 aromatic heterocycles. The second-order valence-electron chi connectivity index (χ2n) is 4.65. The molecule has 5 heteroatoms. The Bertz CT molecular complexity index is 602. The quantitative estimate of drug-likeness (QED) is 0.806. The van der Waals surface area contributed by atoms with Crippen LogP contribution >= 0.6 is 11.6 Å². The molecule has 1 aromatic carbocycles. The van der Waals surface area contributed by atoms with Gasteiger partial charge >= 0.3 is 0 Å². The third kappa shape index (κ3) is 4.46. The third-order valence-corrected chi connectivity index (χ3v) is 3.40. The van der Waals surface area contributed by atoms with Crippen LogP contribution in [0.25, 0.3) is 0 Å². The average Bonchev–Trinajstić information content (AvgIpc) is 2.52. The van der Waals surface area contributed by atoms with E-state index in [0.29, 0.717) is 22.9 Å². The second-order valence-corrected chi connectivity index (χ2v) is 5.06. The number of carbonyl (C=O) groups is 1. The molecule has 0 unspecified atom stereocenters. The fourth-order valence-electron chi connectivity index (χ4n) is 1.99. The van der Waals surface area contributed by atoms with Gasteiger partial charge in [0.1, 0.15) is 5.82 Å². The summed E-state index contributed by atoms with van der Waals surface area (Å²) in [5.41, 5.74) is 1.74. The Morgan fingerprint density at radius 1 is 1.29 bits per heavy atom. The number of hydrogen-bond acceptors (Lipinski definition) is 3. The number of hydrogen-bond donors (Lipinski definition) is 2. The van der Waals surface area contributed by atoms with E-state index < -0.39 is 0 Å². The first-order valence-electron chi connectivity index (χ1n) is 6.86. The molecule has 21 heavy (non-hydrogen) atoms. The SMILES string of the molecule is CNc1ncc(C(=O)NCCCc2ccccc2)cc1Cl. The molecule has 0 atom stereocenters. The lowest BCUT2D eigenvalue weighted by Crippen LogP contribution is -2.25. The lowest BCUT2D eigenvalue weighted by atomic mass is 10.1. The Hall–Kier alpha value is -2.07. The highest BCUT2D eigenvalue weighted by Gasteiger charge is 2.08. The van der Waals surface area contributed by atoms with Crippen molar-refractivity contribution in [2.24, 2.45) is 0 Å². The largest absolute Gasteiger partial charge is 0.372 e. The monoisotopic (exact) mass is 303 g/mol. The molecule has 2 rings (SSSR count). The summed E-state index contributed by atoms with van der Waals surface area (Å²) in [6.45, 7) is 0.624. The van der Waals surface area contributed by atoms with Crippen molar-refractivity contribution in [3.8, 4) is 0 Å². The lowest BCUT2D eigenvalue weighted by Gasteiger charge is -2.07. The number of anilines is 1. The maximum Gasteiger partial charge on any atom is 0.252 e. The van der Waals surface area contributed by atoms with E-state index in [0.717, 1.165) is 12.8 Å². The van der Waals surface area contributed by atoms with Crippen LogP contribution in [0.1, 0.15) is 22.3 Å². The van der Waals surface area contributed by atoms with Crippen LogP contribution in [0.2, 0.25) is 5.02 Å². The molecule has 0 saturated heterocycles. The summed E-state index contributed by atoms with van der Waals surface area (Å²) in [6, 6.07) is 11.8. The zero-order valence-electron chi connectivity index (χ0n) is 11.9. The number of amides is 1. The second kappa shape index (κ2) is 7.64. The summed E-state index contributed by atoms with van der Waals surface area (Å²) >= 11 is 6.01. The number of nitrogens with zero attached hydrogens (tertiary/aromatic N) is 1. The van der Waals surface area contributed by atoms with E-state index in [1.807, 2.05) is 18.2 Å². The van der Waals surface area contributed by atoms with Gasteiger partial charge < -0.3 is 10.6 Å². The molecule has 0 bridgehead atoms. The highest BCUT2D eigenvalue weighted by molar-refractivity contribution is 6.33. The Morgan fingerprint density at radius 3 is 2.71 bits per heavy atom. The Morgan fingerprint density at radius 2 is 2.05 bits per heavy atom. The molecule has 2 aromatic rings. The van der Waals surface area contributed by atoms with Crippen molar-refractivity contribution in [2.45, 2.75) is 12.8 Å². The standard InChI is InChI=1S/C16H18ClN3O/c1-18-15-14(17)10-13(11-20-15)16(21)19-9-5-8-12-6-3-2-4-7-12/h2-4,6-7,10-11H,5,8-9H2,1H3,(H,18,20)(H,19,21). The molecule has 1 heterocycles. The number of carbonyl (C=O) groups excluding carboxylic acids is 1. The van der Waals surface area contributed by atoms with Gasteiger partial charge in [0.25, 0.3) is 5.91 Å². The number of halogens is 1. The molecule has 0 fully saturated rings. The number of rotatable bonds is 6. The summed E-state index contributed by atoms with van der Waals surface area (Å²) in [4.78, 5) is 16.1. The molecule has 4 nitrogen and oxygen atoms in total. The summed E-state index contributed by atoms with van der Waals surface area (Å²) in [5.74, 6) is 0.414. The van der Waals surface area contributed by atoms with Crippen molar-refractivity contribution in [2.75, 3.05) is 18.9 Å². The fourth-order valence-corrected chi connectivity index (χ4v) is 2.25. The van der Waals surface area contributed by atoms with Gasteiger partial charge in [-0.15, -0.1) is 0 Å². The van der Waals surface area contributed by atoms with Crippen LogP contribution < -0.4 is 10.6 Å². The summed E-state index contributed by atoms with van der Waals surface area (Å²) in [5, 5.41) is 6.17. The number of benzene rings is 1. The zero-order valence-corrected chi connectivity index (χ0v) is 12.7. The van der Waals surface area contributed by atoms with Gasteiger partial charge in [0.15, 0.2) is 0 Å². The van der Waals surface area contributed by atoms with Crippen molar-refractivity contribution in [3.63, 3.8) is 0 Å². The van der Waals surface area contributed by atoms with Crippen LogP contribution in [0.5, 0.6) is 0 Å². The van der Waals surface area contributed by atoms with Crippen LogP contribution in [0.3, 0.4) is 0 Å². The lowest BCUT2D eigenvalue weighted by molar-refractivity contribution is 0.0953. The topological polar surface area (TPSA) is 54.0 Å². The van der Waals surface area contributed by atoms with Crippen LogP contribution in [0, 0.1) is 0 Å². The first-order valence-corrected chi connectivity index (χ1v) is 7.24. The molecular formula is C16H18ClN3O. The zero-order chi connectivity index (χ0) is 15.1. The van der Waals surface area contributed by atoms with Crippen molar-refractivity contribution < 1.29 is 4.79 Å². The first kappa shape index (κ1) is 15.3. The fraction of sp³-hybridized carbons (Fsp3) is 0.250. The van der Waals surface area contributed by atoms with Crippen molar-refractivity contribution in [1.82, 2.24) is 10.3 Å². The Labute approximate surface area is 129 Å². The molecular weight excluding hydrogens is 286 g/mol. The number of nitrogens with one attached hydrogen (secondary N) is 2. The summed E-state index contributed by atoms with van der Waals surface area (Å²) in [6.07, 6.45) is 3.36. The predicted octanol–water partition coefficient (Wildman–Crippen LogP) is 3.14. The molecule has 1 amide bonds. The van der Waals surface area contributed by atoms with Gasteiger partial charge in [0.05, 0.1) is 10.6 Å². The highest BCUT2D eigenvalue weighted by atomic mass is 35.5. The molecule has 0 aliphatic carbocycles. The molecule has 0 saturated carbocycles. The van der Waals surface area contributed by atoms with Crippen molar-refractivity contribution >= 4 is 23.3 Å². The van der Waals surface area contributed by atoms with E-state index in [1.165, 1.54) is 11.8 Å². The third-order valence-electron chi connectivity index (χ3n) is 3.11. The smallest absolute Gasteiger partial charge is 0.252 e. The van der Waals surface area contributed by atoms with Gasteiger partial charge in [0, 0.05) is 19.8 Å². The maximum absolute atomic E-state index is 12.0. The van der Waals surface area contributed by atoms with Gasteiger partial charge in [0.2, 0.25) is 0 Å². The Kier molecular flexibility index (Phi) is 5.58. The van der Waals surface area contributed by atoms with Crippen LogP contribution in [-0.4, -0.2) is 24.5 Å². The molecule has 0 aliphatic heterocycles. The predicted molar refractivity (Wildman–Crippen MR) is 85.9 cm³/mol. The number of aromatic nitrogens is 1. The van der Waals surface area contributed by atoms with Gasteiger partial charge in [-0.05, 0) is 24.5 Å². The average molecular weight is 304 g/mol. The van der Waals surface area contributed by atoms with Crippen molar-refractivity contribution in [1.29, 1.82) is 0 Å². The maximum atomic E-state index is 12.0. The normalized spacial score (nSPS) is 10.2. The Balaban J connectivity index is 1.80.